The lowest BCUT2D eigenvalue weighted by Gasteiger charge is -2.36. The summed E-state index contributed by atoms with van der Waals surface area (Å²) >= 11 is 12.1. The average molecular weight is 433 g/mol. The molecule has 1 amide bonds. The Morgan fingerprint density at radius 1 is 1.07 bits per heavy atom. The molecule has 1 aromatic rings. The number of hydrogen-bond donors (Lipinski definition) is 1. The maximum Gasteiger partial charge on any atom is 0.241 e. The number of nitrogens with zero attached hydrogens (tertiary/aromatic N) is 1. The lowest BCUT2D eigenvalue weighted by atomic mass is 9.84. The Morgan fingerprint density at radius 2 is 1.67 bits per heavy atom. The predicted molar refractivity (Wildman–Crippen MR) is 110 cm³/mol. The maximum atomic E-state index is 13.1. The summed E-state index contributed by atoms with van der Waals surface area (Å²) in [4.78, 5) is 15.1. The summed E-state index contributed by atoms with van der Waals surface area (Å²) in [7, 11) is -2.99. The van der Waals surface area contributed by atoms with Crippen molar-refractivity contribution in [2.45, 2.75) is 44.6 Å². The minimum Gasteiger partial charge on any atom is -0.325 e. The van der Waals surface area contributed by atoms with Crippen molar-refractivity contribution in [3.8, 4) is 0 Å². The molecule has 8 heteroatoms. The van der Waals surface area contributed by atoms with E-state index in [2.05, 4.69) is 5.32 Å². The summed E-state index contributed by atoms with van der Waals surface area (Å²) in [6.45, 7) is 0.812. The molecule has 1 heterocycles. The van der Waals surface area contributed by atoms with Crippen LogP contribution in [0.2, 0.25) is 10.0 Å². The van der Waals surface area contributed by atoms with E-state index in [1.54, 1.807) is 18.2 Å². The minimum absolute atomic E-state index is 0.113. The Bertz CT molecular complexity index is 745. The summed E-state index contributed by atoms with van der Waals surface area (Å²) in [5, 5.41) is 3.86. The van der Waals surface area contributed by atoms with Crippen LogP contribution in [-0.2, 0) is 14.6 Å². The zero-order valence-electron chi connectivity index (χ0n) is 15.3. The Labute approximate surface area is 171 Å². The lowest BCUT2D eigenvalue weighted by Crippen LogP contribution is -2.51. The van der Waals surface area contributed by atoms with Crippen molar-refractivity contribution >= 4 is 44.6 Å². The van der Waals surface area contributed by atoms with Gasteiger partial charge in [-0.15, -0.1) is 0 Å². The van der Waals surface area contributed by atoms with E-state index >= 15 is 0 Å². The van der Waals surface area contributed by atoms with Crippen LogP contribution in [0.25, 0.3) is 0 Å². The monoisotopic (exact) mass is 432 g/mol. The molecule has 3 rings (SSSR count). The molecule has 27 heavy (non-hydrogen) atoms. The van der Waals surface area contributed by atoms with Crippen LogP contribution in [0.5, 0.6) is 0 Å². The lowest BCUT2D eigenvalue weighted by molar-refractivity contribution is -0.122. The van der Waals surface area contributed by atoms with Gasteiger partial charge >= 0.3 is 0 Å². The van der Waals surface area contributed by atoms with E-state index in [0.29, 0.717) is 34.7 Å². The van der Waals surface area contributed by atoms with E-state index in [1.165, 1.54) is 19.3 Å². The second-order valence-electron chi connectivity index (χ2n) is 7.59. The average Bonchev–Trinajstić information content (AvgIpc) is 2.60. The smallest absolute Gasteiger partial charge is 0.241 e. The maximum absolute atomic E-state index is 13.1. The third-order valence-corrected chi connectivity index (χ3v) is 7.58. The molecule has 0 bridgehead atoms. The van der Waals surface area contributed by atoms with Gasteiger partial charge < -0.3 is 5.32 Å². The Kier molecular flexibility index (Phi) is 7.06. The van der Waals surface area contributed by atoms with Gasteiger partial charge in [0, 0.05) is 28.8 Å². The van der Waals surface area contributed by atoms with Gasteiger partial charge in [-0.3, -0.25) is 9.69 Å². The molecule has 2 aliphatic rings. The molecule has 1 N–H and O–H groups in total. The highest BCUT2D eigenvalue weighted by molar-refractivity contribution is 7.91. The first-order valence-corrected chi connectivity index (χ1v) is 12.1. The number of nitrogens with one attached hydrogen (secondary N) is 1. The van der Waals surface area contributed by atoms with Crippen LogP contribution in [0.3, 0.4) is 0 Å². The van der Waals surface area contributed by atoms with E-state index < -0.39 is 9.84 Å². The summed E-state index contributed by atoms with van der Waals surface area (Å²) in [5.74, 6) is 0.628. The van der Waals surface area contributed by atoms with Crippen LogP contribution >= 0.6 is 23.2 Å². The predicted octanol–water partition coefficient (Wildman–Crippen LogP) is 4.00. The molecular weight excluding hydrogens is 407 g/mol. The van der Waals surface area contributed by atoms with Gasteiger partial charge in [0.25, 0.3) is 0 Å². The van der Waals surface area contributed by atoms with Crippen molar-refractivity contribution in [1.29, 1.82) is 0 Å². The number of hydrogen-bond acceptors (Lipinski definition) is 4. The van der Waals surface area contributed by atoms with Crippen molar-refractivity contribution in [1.82, 2.24) is 4.90 Å². The van der Waals surface area contributed by atoms with Crippen LogP contribution in [-0.4, -0.2) is 49.9 Å². The highest BCUT2D eigenvalue weighted by atomic mass is 35.5. The van der Waals surface area contributed by atoms with Crippen LogP contribution in [0, 0.1) is 5.92 Å². The number of amides is 1. The number of carbonyl (C=O) groups is 1. The summed E-state index contributed by atoms with van der Waals surface area (Å²) in [6.07, 6.45) is 6.71. The molecule has 2 fully saturated rings. The summed E-state index contributed by atoms with van der Waals surface area (Å²) in [5.41, 5.74) is 0.566. The van der Waals surface area contributed by atoms with Crippen molar-refractivity contribution in [3.05, 3.63) is 28.2 Å². The van der Waals surface area contributed by atoms with E-state index in [9.17, 15) is 13.2 Å². The molecule has 0 spiro atoms. The van der Waals surface area contributed by atoms with Gasteiger partial charge in [-0.1, -0.05) is 55.3 Å². The van der Waals surface area contributed by atoms with Gasteiger partial charge in [0.2, 0.25) is 5.91 Å². The molecule has 5 nitrogen and oxygen atoms in total. The van der Waals surface area contributed by atoms with Gasteiger partial charge in [0.15, 0.2) is 9.84 Å². The molecule has 1 saturated heterocycles. The van der Waals surface area contributed by atoms with E-state index in [0.717, 1.165) is 19.3 Å². The van der Waals surface area contributed by atoms with Crippen molar-refractivity contribution in [2.75, 3.05) is 29.9 Å². The second kappa shape index (κ2) is 9.12. The third-order valence-electron chi connectivity index (χ3n) is 5.53. The number of benzene rings is 1. The third kappa shape index (κ3) is 6.08. The number of rotatable bonds is 5. The van der Waals surface area contributed by atoms with Crippen molar-refractivity contribution in [3.63, 3.8) is 0 Å². The largest absolute Gasteiger partial charge is 0.325 e. The minimum atomic E-state index is -2.99. The number of halogens is 2. The molecule has 1 unspecified atom stereocenters. The highest BCUT2D eigenvalue weighted by Crippen LogP contribution is 2.30. The number of sulfone groups is 1. The van der Waals surface area contributed by atoms with Crippen LogP contribution in [0.1, 0.15) is 38.5 Å². The van der Waals surface area contributed by atoms with Crippen LogP contribution < -0.4 is 5.32 Å². The SMILES string of the molecule is O=C(Nc1cc(Cl)cc(Cl)c1)C(CC1CCCCC1)N1CCS(=O)(=O)CC1. The van der Waals surface area contributed by atoms with Gasteiger partial charge in [0.05, 0.1) is 17.5 Å². The molecular formula is C19H26Cl2N2O3S. The zero-order valence-corrected chi connectivity index (χ0v) is 17.6. The fourth-order valence-corrected chi connectivity index (χ4v) is 5.81. The van der Waals surface area contributed by atoms with Crippen molar-refractivity contribution in [2.24, 2.45) is 5.92 Å². The Morgan fingerprint density at radius 3 is 2.26 bits per heavy atom. The molecule has 1 aromatic carbocycles. The molecule has 150 valence electrons. The zero-order chi connectivity index (χ0) is 19.4. The van der Waals surface area contributed by atoms with Crippen LogP contribution in [0.15, 0.2) is 18.2 Å². The van der Waals surface area contributed by atoms with E-state index in [4.69, 9.17) is 23.2 Å². The Balaban J connectivity index is 1.74. The molecule has 0 aromatic heterocycles. The highest BCUT2D eigenvalue weighted by Gasteiger charge is 2.33. The van der Waals surface area contributed by atoms with E-state index in [1.807, 2.05) is 4.90 Å². The van der Waals surface area contributed by atoms with Gasteiger partial charge in [0.1, 0.15) is 0 Å². The topological polar surface area (TPSA) is 66.5 Å². The molecule has 1 aliphatic carbocycles. The van der Waals surface area contributed by atoms with Crippen molar-refractivity contribution < 1.29 is 13.2 Å². The first-order chi connectivity index (χ1) is 12.8. The fraction of sp³-hybridized carbons (Fsp3) is 0.632. The standard InChI is InChI=1S/C19H26Cl2N2O3S/c20-15-11-16(21)13-17(12-15)22-19(24)18(10-14-4-2-1-3-5-14)23-6-8-27(25,26)9-7-23/h11-14,18H,1-10H2,(H,22,24). The number of carbonyl (C=O) groups excluding carboxylic acids is 1. The number of anilines is 1. The van der Waals surface area contributed by atoms with Gasteiger partial charge in [-0.25, -0.2) is 8.42 Å². The normalized spacial score (nSPS) is 22.3. The molecule has 1 atom stereocenters. The fourth-order valence-electron chi connectivity index (χ4n) is 4.05. The Hall–Kier alpha value is -0.820. The van der Waals surface area contributed by atoms with Gasteiger partial charge in [-0.05, 0) is 30.5 Å². The van der Waals surface area contributed by atoms with E-state index in [-0.39, 0.29) is 23.5 Å². The summed E-state index contributed by atoms with van der Waals surface area (Å²) in [6, 6.07) is 4.63. The molecule has 1 saturated carbocycles. The molecule has 0 radical (unpaired) electrons. The first-order valence-electron chi connectivity index (χ1n) is 9.54. The quantitative estimate of drug-likeness (QED) is 0.762. The first kappa shape index (κ1) is 20.9. The van der Waals surface area contributed by atoms with Crippen LogP contribution in [0.4, 0.5) is 5.69 Å². The second-order valence-corrected chi connectivity index (χ2v) is 10.8. The summed E-state index contributed by atoms with van der Waals surface area (Å²) < 4.78 is 23.6. The molecule has 1 aliphatic heterocycles. The van der Waals surface area contributed by atoms with Gasteiger partial charge in [-0.2, -0.15) is 0 Å².